The minimum absolute atomic E-state index is 0.0479. The third-order valence-electron chi connectivity index (χ3n) is 8.70. The quantitative estimate of drug-likeness (QED) is 0.0939. The van der Waals surface area contributed by atoms with Gasteiger partial charge in [0.05, 0.1) is 5.69 Å². The number of benzene rings is 3. The maximum atomic E-state index is 14.8. The molecule has 2 aromatic heterocycles. The normalized spacial score (nSPS) is 16.6. The smallest absolute Gasteiger partial charge is 0.410 e. The van der Waals surface area contributed by atoms with Gasteiger partial charge in [-0.2, -0.15) is 13.2 Å². The second-order valence-electron chi connectivity index (χ2n) is 12.0. The predicted molar refractivity (Wildman–Crippen MR) is 195 cm³/mol. The third kappa shape index (κ3) is 8.44. The van der Waals surface area contributed by atoms with E-state index in [-0.39, 0.29) is 34.0 Å². The second kappa shape index (κ2) is 15.7. The van der Waals surface area contributed by atoms with E-state index in [0.717, 1.165) is 4.90 Å². The number of thioether (sulfide) groups is 1. The molecule has 1 aliphatic heterocycles. The van der Waals surface area contributed by atoms with Crippen LogP contribution in [0.15, 0.2) is 126 Å². The van der Waals surface area contributed by atoms with Crippen molar-refractivity contribution in [2.45, 2.75) is 41.6 Å². The number of hydrogen-bond acceptors (Lipinski definition) is 9. The number of anilines is 3. The van der Waals surface area contributed by atoms with Gasteiger partial charge < -0.3 is 14.8 Å². The number of amides is 5. The largest absolute Gasteiger partial charge is 0.446 e. The minimum atomic E-state index is -4.53. The van der Waals surface area contributed by atoms with E-state index in [9.17, 15) is 32.3 Å². The number of pyridine rings is 2. The SMILES string of the molecule is CC(c1ccnc(NC(=O)Oc2ccccc2)c1)C1(C(C)c2ccnc(NC(=O)Oc3ccccc3)c2)NC(=O)N(c2ccc(SC(F)(F)F)cc2)C1=O. The van der Waals surface area contributed by atoms with Crippen LogP contribution in [0.3, 0.4) is 0 Å². The molecule has 3 heterocycles. The predicted octanol–water partition coefficient (Wildman–Crippen LogP) is 8.71. The van der Waals surface area contributed by atoms with Gasteiger partial charge in [-0.3, -0.25) is 15.4 Å². The molecule has 1 saturated heterocycles. The lowest BCUT2D eigenvalue weighted by molar-refractivity contribution is -0.123. The number of nitrogens with one attached hydrogen (secondary N) is 3. The Bertz CT molecular complexity index is 2050. The van der Waals surface area contributed by atoms with E-state index in [1.54, 1.807) is 86.6 Å². The van der Waals surface area contributed by atoms with E-state index in [0.29, 0.717) is 22.6 Å². The molecule has 2 unspecified atom stereocenters. The molecule has 3 aromatic carbocycles. The van der Waals surface area contributed by atoms with Crippen molar-refractivity contribution in [3.8, 4) is 11.5 Å². The zero-order valence-corrected chi connectivity index (χ0v) is 29.4. The standard InChI is InChI=1S/C38H31F3N6O6S/c1-23(25-17-19-42-31(21-25)44-35(50)52-28-9-5-3-6-10-28)37(33(48)47(34(49)46-37)27-13-15-30(16-14-27)54-38(39,40)41)24(2)26-18-20-43-32(22-26)45-36(51)53-29-11-7-4-8-12-29/h3-24H,1-2H3,(H,46,49)(H,42,44,50)(H,43,45,51). The molecule has 1 aliphatic rings. The molecule has 1 fully saturated rings. The number of imide groups is 1. The Balaban J connectivity index is 1.33. The van der Waals surface area contributed by atoms with Gasteiger partial charge in [-0.25, -0.2) is 29.3 Å². The molecule has 5 amide bonds. The maximum absolute atomic E-state index is 14.8. The zero-order valence-electron chi connectivity index (χ0n) is 28.5. The van der Waals surface area contributed by atoms with Crippen molar-refractivity contribution < 1.29 is 41.8 Å². The molecule has 6 rings (SSSR count). The van der Waals surface area contributed by atoms with Gasteiger partial charge in [-0.1, -0.05) is 50.2 Å². The van der Waals surface area contributed by atoms with Gasteiger partial charge >= 0.3 is 23.7 Å². The fraction of sp³-hybridized carbons (Fsp3) is 0.158. The van der Waals surface area contributed by atoms with Crippen LogP contribution in [0, 0.1) is 0 Å². The van der Waals surface area contributed by atoms with Crippen LogP contribution in [-0.4, -0.2) is 45.1 Å². The average Bonchev–Trinajstić information content (AvgIpc) is 3.41. The summed E-state index contributed by atoms with van der Waals surface area (Å²) in [7, 11) is 0. The van der Waals surface area contributed by atoms with E-state index in [1.165, 1.54) is 48.8 Å². The van der Waals surface area contributed by atoms with E-state index in [2.05, 4.69) is 25.9 Å². The van der Waals surface area contributed by atoms with Gasteiger partial charge in [-0.05, 0) is 95.7 Å². The Morgan fingerprint density at radius 2 is 1.20 bits per heavy atom. The third-order valence-corrected chi connectivity index (χ3v) is 9.44. The number of urea groups is 1. The number of rotatable bonds is 10. The van der Waals surface area contributed by atoms with Crippen LogP contribution in [-0.2, 0) is 4.79 Å². The molecule has 0 bridgehead atoms. The summed E-state index contributed by atoms with van der Waals surface area (Å²) in [6.45, 7) is 3.42. The summed E-state index contributed by atoms with van der Waals surface area (Å²) in [6.07, 6.45) is 1.22. The minimum Gasteiger partial charge on any atom is -0.410 e. The number of carbonyl (C=O) groups excluding carboxylic acids is 4. The highest BCUT2D eigenvalue weighted by Gasteiger charge is 2.58. The van der Waals surface area contributed by atoms with Crippen LogP contribution in [0.1, 0.15) is 36.8 Å². The van der Waals surface area contributed by atoms with Crippen molar-refractivity contribution in [2.24, 2.45) is 0 Å². The lowest BCUT2D eigenvalue weighted by atomic mass is 9.70. The van der Waals surface area contributed by atoms with Crippen LogP contribution in [0.4, 0.5) is 44.9 Å². The summed E-state index contributed by atoms with van der Waals surface area (Å²) in [5.74, 6) is -1.55. The monoisotopic (exact) mass is 756 g/mol. The van der Waals surface area contributed by atoms with Crippen LogP contribution in [0.5, 0.6) is 11.5 Å². The molecule has 0 spiro atoms. The Kier molecular flexibility index (Phi) is 10.8. The molecule has 5 aromatic rings. The Hall–Kier alpha value is -6.42. The fourth-order valence-corrected chi connectivity index (χ4v) is 6.64. The molecule has 0 radical (unpaired) electrons. The molecule has 0 saturated carbocycles. The molecular formula is C38H31F3N6O6S. The van der Waals surface area contributed by atoms with Gasteiger partial charge in [0.15, 0.2) is 0 Å². The second-order valence-corrected chi connectivity index (χ2v) is 13.2. The van der Waals surface area contributed by atoms with Crippen molar-refractivity contribution in [3.63, 3.8) is 0 Å². The Labute approximate surface area is 311 Å². The summed E-state index contributed by atoms with van der Waals surface area (Å²) in [4.78, 5) is 63.1. The molecule has 54 heavy (non-hydrogen) atoms. The first-order chi connectivity index (χ1) is 25.8. The van der Waals surface area contributed by atoms with E-state index >= 15 is 0 Å². The first kappa shape index (κ1) is 37.3. The van der Waals surface area contributed by atoms with Crippen LogP contribution >= 0.6 is 11.8 Å². The van der Waals surface area contributed by atoms with Crippen molar-refractivity contribution in [2.75, 3.05) is 15.5 Å². The van der Waals surface area contributed by atoms with Crippen molar-refractivity contribution in [1.82, 2.24) is 15.3 Å². The molecule has 276 valence electrons. The number of alkyl halides is 3. The van der Waals surface area contributed by atoms with Crippen LogP contribution in [0.2, 0.25) is 0 Å². The molecule has 12 nitrogen and oxygen atoms in total. The first-order valence-corrected chi connectivity index (χ1v) is 17.2. The zero-order chi connectivity index (χ0) is 38.5. The number of para-hydroxylation sites is 2. The van der Waals surface area contributed by atoms with Gasteiger partial charge in [-0.15, -0.1) is 0 Å². The van der Waals surface area contributed by atoms with E-state index < -0.39 is 47.0 Å². The first-order valence-electron chi connectivity index (χ1n) is 16.3. The van der Waals surface area contributed by atoms with Crippen molar-refractivity contribution >= 4 is 53.2 Å². The van der Waals surface area contributed by atoms with Gasteiger partial charge in [0.1, 0.15) is 28.7 Å². The number of ether oxygens (including phenoxy) is 2. The van der Waals surface area contributed by atoms with Crippen LogP contribution < -0.4 is 30.3 Å². The van der Waals surface area contributed by atoms with Gasteiger partial charge in [0.25, 0.3) is 5.91 Å². The summed E-state index contributed by atoms with van der Waals surface area (Å²) < 4.78 is 49.7. The number of aromatic nitrogens is 2. The maximum Gasteiger partial charge on any atom is 0.446 e. The summed E-state index contributed by atoms with van der Waals surface area (Å²) in [5, 5.41) is 8.03. The van der Waals surface area contributed by atoms with Gasteiger partial charge in [0, 0.05) is 29.1 Å². The lowest BCUT2D eigenvalue weighted by Crippen LogP contribution is -2.55. The number of nitrogens with zero attached hydrogens (tertiary/aromatic N) is 3. The molecule has 16 heteroatoms. The Morgan fingerprint density at radius 1 is 0.741 bits per heavy atom. The number of halogens is 3. The topological polar surface area (TPSA) is 152 Å². The summed E-state index contributed by atoms with van der Waals surface area (Å²) >= 11 is -0.324. The fourth-order valence-electron chi connectivity index (χ4n) is 6.10. The number of carbonyl (C=O) groups is 4. The molecule has 3 N–H and O–H groups in total. The highest BCUT2D eigenvalue weighted by Crippen LogP contribution is 2.46. The number of hydrogen-bond donors (Lipinski definition) is 3. The highest BCUT2D eigenvalue weighted by molar-refractivity contribution is 8.00. The lowest BCUT2D eigenvalue weighted by Gasteiger charge is -2.39. The van der Waals surface area contributed by atoms with E-state index in [4.69, 9.17) is 9.47 Å². The van der Waals surface area contributed by atoms with Crippen LogP contribution in [0.25, 0.3) is 0 Å². The Morgan fingerprint density at radius 3 is 1.65 bits per heavy atom. The molecule has 0 aliphatic carbocycles. The molecule has 2 atom stereocenters. The highest BCUT2D eigenvalue weighted by atomic mass is 32.2. The average molecular weight is 757 g/mol. The molecular weight excluding hydrogens is 726 g/mol. The van der Waals surface area contributed by atoms with Crippen molar-refractivity contribution in [1.29, 1.82) is 0 Å². The summed E-state index contributed by atoms with van der Waals surface area (Å²) in [5.41, 5.74) is -5.25. The summed E-state index contributed by atoms with van der Waals surface area (Å²) in [6, 6.07) is 27.1. The van der Waals surface area contributed by atoms with E-state index in [1.807, 2.05) is 0 Å². The van der Waals surface area contributed by atoms with Crippen molar-refractivity contribution in [3.05, 3.63) is 133 Å². The van der Waals surface area contributed by atoms with Gasteiger partial charge in [0.2, 0.25) is 0 Å².